The highest BCUT2D eigenvalue weighted by Gasteiger charge is 2.67. The fourth-order valence-electron chi connectivity index (χ4n) is 7.68. The van der Waals surface area contributed by atoms with Crippen LogP contribution in [0.25, 0.3) is 0 Å². The molecule has 0 N–H and O–H groups in total. The molecule has 4 nitrogen and oxygen atoms in total. The molecule has 53 heavy (non-hydrogen) atoms. The summed E-state index contributed by atoms with van der Waals surface area (Å²) in [7, 11) is 0. The lowest BCUT2D eigenvalue weighted by molar-refractivity contribution is -0.192. The van der Waals surface area contributed by atoms with Gasteiger partial charge in [0, 0.05) is 23.7 Å². The molecule has 0 fully saturated rings. The molecule has 0 aromatic heterocycles. The summed E-state index contributed by atoms with van der Waals surface area (Å²) in [6.07, 6.45) is -3.59. The molecular weight excluding hydrogens is 813 g/mol. The van der Waals surface area contributed by atoms with E-state index in [0.29, 0.717) is 0 Å². The second-order valence-corrected chi connectivity index (χ2v) is 17.3. The van der Waals surface area contributed by atoms with Crippen LogP contribution in [0.1, 0.15) is 73.6 Å². The molecule has 0 bridgehead atoms. The van der Waals surface area contributed by atoms with Crippen LogP contribution in [0.3, 0.4) is 0 Å². The second-order valence-electron chi connectivity index (χ2n) is 13.0. The van der Waals surface area contributed by atoms with Crippen LogP contribution in [-0.2, 0) is 18.9 Å². The van der Waals surface area contributed by atoms with Crippen LogP contribution >= 0.6 is 99.4 Å². The third-order valence-electron chi connectivity index (χ3n) is 10.0. The lowest BCUT2D eigenvalue weighted by Gasteiger charge is -2.57. The normalized spacial score (nSPS) is 16.9. The third-order valence-corrected chi connectivity index (χ3v) is 10.8. The molecule has 0 aliphatic carbocycles. The Hall–Kier alpha value is -2.16. The van der Waals surface area contributed by atoms with E-state index in [1.807, 2.05) is 121 Å². The average molecular weight is 857 g/mol. The van der Waals surface area contributed by atoms with E-state index < -0.39 is 53.5 Å². The van der Waals surface area contributed by atoms with E-state index >= 15 is 0 Å². The SMILES string of the molecule is CC(c1ccccc1)C(OC(=S)S)C(C(OC(=S)S)C(C)c1ccccc1)(C(OC(=S)S)C(C)c1ccccc1)C(OC(=S)S)C(C)c1ccccc1. The summed E-state index contributed by atoms with van der Waals surface area (Å²) in [5.41, 5.74) is 2.42. The Morgan fingerprint density at radius 2 is 0.547 bits per heavy atom. The van der Waals surface area contributed by atoms with Gasteiger partial charge in [-0.2, -0.15) is 0 Å². The molecule has 0 heterocycles. The van der Waals surface area contributed by atoms with Gasteiger partial charge in [0.25, 0.3) is 0 Å². The number of benzene rings is 4. The van der Waals surface area contributed by atoms with Gasteiger partial charge in [-0.05, 0) is 71.1 Å². The molecule has 0 saturated carbocycles. The van der Waals surface area contributed by atoms with Crippen molar-refractivity contribution in [3.05, 3.63) is 144 Å². The van der Waals surface area contributed by atoms with E-state index in [0.717, 1.165) is 22.3 Å². The number of thiol groups is 4. The molecule has 4 aromatic carbocycles. The molecule has 0 saturated heterocycles. The third kappa shape index (κ3) is 11.0. The van der Waals surface area contributed by atoms with Gasteiger partial charge in [0.1, 0.15) is 29.8 Å². The predicted molar refractivity (Wildman–Crippen MR) is 248 cm³/mol. The molecule has 12 heteroatoms. The summed E-state index contributed by atoms with van der Waals surface area (Å²) < 4.78 is 27.8. The Morgan fingerprint density at radius 1 is 0.377 bits per heavy atom. The molecule has 0 spiro atoms. The number of hydrogen-bond acceptors (Lipinski definition) is 8. The van der Waals surface area contributed by atoms with Crippen LogP contribution in [0, 0.1) is 5.41 Å². The second kappa shape index (κ2) is 20.7. The molecule has 4 rings (SSSR count). The van der Waals surface area contributed by atoms with Gasteiger partial charge in [-0.25, -0.2) is 0 Å². The van der Waals surface area contributed by atoms with Crippen molar-refractivity contribution in [2.45, 2.75) is 75.8 Å². The summed E-state index contributed by atoms with van der Waals surface area (Å²) in [4.78, 5) is 0. The fourth-order valence-corrected chi connectivity index (χ4v) is 8.55. The minimum atomic E-state index is -1.44. The van der Waals surface area contributed by atoms with Crippen LogP contribution < -0.4 is 0 Å². The van der Waals surface area contributed by atoms with Crippen molar-refractivity contribution in [3.8, 4) is 0 Å². The Morgan fingerprint density at radius 3 is 0.698 bits per heavy atom. The van der Waals surface area contributed by atoms with E-state index in [2.05, 4.69) is 78.2 Å². The molecule has 0 radical (unpaired) electrons. The minimum absolute atomic E-state index is 0.0147. The minimum Gasteiger partial charge on any atom is -0.474 e. The molecule has 0 aliphatic heterocycles. The average Bonchev–Trinajstić information content (AvgIpc) is 3.15. The maximum atomic E-state index is 6.93. The van der Waals surface area contributed by atoms with E-state index in [1.165, 1.54) is 0 Å². The molecular formula is C41H44O4S8. The number of hydrogen-bond donors (Lipinski definition) is 4. The first kappa shape index (κ1) is 43.6. The predicted octanol–water partition coefficient (Wildman–Crippen LogP) is 11.6. The van der Waals surface area contributed by atoms with Crippen molar-refractivity contribution < 1.29 is 18.9 Å². The first-order valence-electron chi connectivity index (χ1n) is 17.1. The summed E-state index contributed by atoms with van der Waals surface area (Å²) in [5.74, 6) is -1.58. The Balaban J connectivity index is 2.31. The standard InChI is InChI=1S/C41H44O4S8/c1-25(29-17-9-5-10-18-29)33(42-37(46)47)41(34(43-38(48)49)26(2)30-19-11-6-12-20-30,35(44-39(50)51)27(3)31-21-13-7-14-22-31)36(45-40(52)53)28(4)32-23-15-8-16-24-32/h5-28,33-36H,1-4H3,(H,46,47)(H,48,49)(H,50,51)(H,52,53). The summed E-state index contributed by atoms with van der Waals surface area (Å²) in [6.45, 7) is 8.32. The number of rotatable bonds is 16. The van der Waals surface area contributed by atoms with Gasteiger partial charge >= 0.3 is 0 Å². The monoisotopic (exact) mass is 856 g/mol. The van der Waals surface area contributed by atoms with Crippen molar-refractivity contribution in [3.63, 3.8) is 0 Å². The van der Waals surface area contributed by atoms with E-state index in [-0.39, 0.29) is 17.5 Å². The van der Waals surface area contributed by atoms with Crippen molar-refractivity contribution in [1.82, 2.24) is 0 Å². The fraction of sp³-hybridized carbons (Fsp3) is 0.317. The summed E-state index contributed by atoms with van der Waals surface area (Å²) >= 11 is 41.3. The Bertz CT molecular complexity index is 1530. The van der Waals surface area contributed by atoms with Crippen LogP contribution in [0.5, 0.6) is 0 Å². The molecule has 0 amide bonds. The molecule has 8 unspecified atom stereocenters. The van der Waals surface area contributed by atoms with Gasteiger partial charge in [0.15, 0.2) is 0 Å². The smallest absolute Gasteiger partial charge is 0.217 e. The van der Waals surface area contributed by atoms with Gasteiger partial charge in [-0.15, -0.1) is 0 Å². The highest BCUT2D eigenvalue weighted by atomic mass is 32.1. The van der Waals surface area contributed by atoms with E-state index in [4.69, 9.17) is 67.8 Å². The number of thiocarbonyl (C=S) groups is 4. The van der Waals surface area contributed by atoms with Crippen LogP contribution in [0.2, 0.25) is 0 Å². The van der Waals surface area contributed by atoms with Crippen molar-refractivity contribution in [2.24, 2.45) is 5.41 Å². The first-order valence-corrected chi connectivity index (χ1v) is 20.5. The van der Waals surface area contributed by atoms with Gasteiger partial charge < -0.3 is 18.9 Å². The van der Waals surface area contributed by atoms with Gasteiger partial charge in [-0.3, -0.25) is 0 Å². The quantitative estimate of drug-likeness (QED) is 0.0656. The largest absolute Gasteiger partial charge is 0.474 e. The maximum absolute atomic E-state index is 6.93. The lowest BCUT2D eigenvalue weighted by atomic mass is 9.55. The molecule has 4 aromatic rings. The summed E-state index contributed by atoms with van der Waals surface area (Å²) in [5, 5.41) is 0. The van der Waals surface area contributed by atoms with Crippen molar-refractivity contribution in [2.75, 3.05) is 0 Å². The van der Waals surface area contributed by atoms with Crippen molar-refractivity contribution >= 4 is 117 Å². The van der Waals surface area contributed by atoms with E-state index in [9.17, 15) is 0 Å². The number of ether oxygens (including phenoxy) is 4. The van der Waals surface area contributed by atoms with Gasteiger partial charge in [0.2, 0.25) is 17.5 Å². The zero-order valence-corrected chi connectivity index (χ0v) is 36.6. The Labute approximate surface area is 357 Å². The lowest BCUT2D eigenvalue weighted by Crippen LogP contribution is -2.67. The van der Waals surface area contributed by atoms with Crippen LogP contribution in [-0.4, -0.2) is 41.9 Å². The van der Waals surface area contributed by atoms with Gasteiger partial charge in [-0.1, -0.05) is 200 Å². The first-order chi connectivity index (χ1) is 25.3. The highest BCUT2D eigenvalue weighted by Crippen LogP contribution is 2.56. The topological polar surface area (TPSA) is 36.9 Å². The summed E-state index contributed by atoms with van der Waals surface area (Å²) in [6, 6.07) is 40.1. The Kier molecular flexibility index (Phi) is 17.0. The highest BCUT2D eigenvalue weighted by molar-refractivity contribution is 8.11. The molecule has 8 atom stereocenters. The van der Waals surface area contributed by atoms with Crippen molar-refractivity contribution in [1.29, 1.82) is 0 Å². The maximum Gasteiger partial charge on any atom is 0.217 e. The van der Waals surface area contributed by atoms with E-state index in [1.54, 1.807) is 0 Å². The zero-order chi connectivity index (χ0) is 38.7. The molecule has 0 aliphatic rings. The van der Waals surface area contributed by atoms with Crippen LogP contribution in [0.4, 0.5) is 0 Å². The molecule has 280 valence electrons. The van der Waals surface area contributed by atoms with Gasteiger partial charge in [0.05, 0.1) is 0 Å². The zero-order valence-electron chi connectivity index (χ0n) is 29.7. The van der Waals surface area contributed by atoms with Crippen LogP contribution in [0.15, 0.2) is 121 Å².